The number of para-hydroxylation sites is 1. The van der Waals surface area contributed by atoms with Crippen molar-refractivity contribution in [2.75, 3.05) is 13.7 Å². The molecule has 2 heterocycles. The van der Waals surface area contributed by atoms with Crippen molar-refractivity contribution in [3.63, 3.8) is 0 Å². The van der Waals surface area contributed by atoms with Gasteiger partial charge in [0.1, 0.15) is 11.5 Å². The van der Waals surface area contributed by atoms with Gasteiger partial charge >= 0.3 is 6.09 Å². The average Bonchev–Trinajstić information content (AvgIpc) is 3.33. The minimum absolute atomic E-state index is 0.0147. The summed E-state index contributed by atoms with van der Waals surface area (Å²) in [4.78, 5) is 39.1. The van der Waals surface area contributed by atoms with E-state index in [0.717, 1.165) is 7.11 Å². The number of carbonyl (C=O) groups excluding carboxylic acids is 3. The highest BCUT2D eigenvalue weighted by Crippen LogP contribution is 2.59. The Morgan fingerprint density at radius 1 is 1.17 bits per heavy atom. The summed E-state index contributed by atoms with van der Waals surface area (Å²) < 4.78 is 17.5. The molecule has 2 aromatic rings. The second kappa shape index (κ2) is 8.92. The van der Waals surface area contributed by atoms with Gasteiger partial charge in [0, 0.05) is 21.9 Å². The molecule has 1 saturated carbocycles. The number of fused-ring (bicyclic) bond motifs is 3. The number of aliphatic hydroxyl groups is 1. The Balaban J connectivity index is 1.51. The van der Waals surface area contributed by atoms with Crippen LogP contribution in [-0.4, -0.2) is 52.5 Å². The van der Waals surface area contributed by atoms with E-state index in [1.54, 1.807) is 24.3 Å². The van der Waals surface area contributed by atoms with E-state index in [1.165, 1.54) is 6.07 Å². The summed E-state index contributed by atoms with van der Waals surface area (Å²) in [5.41, 5.74) is 0.447. The Hall–Kier alpha value is -2.95. The molecule has 2 N–H and O–H groups in total. The number of hydrogen-bond donors (Lipinski definition) is 2. The molecule has 0 spiro atoms. The minimum atomic E-state index is -1.82. The van der Waals surface area contributed by atoms with Gasteiger partial charge in [0.2, 0.25) is 11.8 Å². The van der Waals surface area contributed by atoms with Gasteiger partial charge < -0.3 is 24.4 Å². The van der Waals surface area contributed by atoms with Crippen LogP contribution in [-0.2, 0) is 19.1 Å². The molecule has 6 atom stereocenters. The molecule has 9 nitrogen and oxygen atoms in total. The predicted molar refractivity (Wildman–Crippen MR) is 124 cm³/mol. The topological polar surface area (TPSA) is 123 Å². The van der Waals surface area contributed by atoms with Crippen LogP contribution in [0.15, 0.2) is 53.0 Å². The Bertz CT molecular complexity index is 1170. The number of phenolic OH excluding ortho intramolecular Hbond substituents is 1. The lowest BCUT2D eigenvalue weighted by Gasteiger charge is -2.44. The summed E-state index contributed by atoms with van der Waals surface area (Å²) in [5, 5.41) is 22.3. The van der Waals surface area contributed by atoms with Crippen LogP contribution in [0.25, 0.3) is 0 Å². The van der Waals surface area contributed by atoms with Gasteiger partial charge in [-0.05, 0) is 43.2 Å². The molecule has 3 fully saturated rings. The van der Waals surface area contributed by atoms with E-state index in [0.29, 0.717) is 20.7 Å². The van der Waals surface area contributed by atoms with Gasteiger partial charge in [-0.2, -0.15) is 4.90 Å². The number of phenols is 1. The molecular weight excluding hydrogens is 522 g/mol. The minimum Gasteiger partial charge on any atom is -0.508 e. The summed E-state index contributed by atoms with van der Waals surface area (Å²) in [5.74, 6) is -5.88. The molecule has 2 aromatic carbocycles. The van der Waals surface area contributed by atoms with Crippen LogP contribution in [0.3, 0.4) is 0 Å². The van der Waals surface area contributed by atoms with E-state index >= 15 is 0 Å². The third-order valence-electron chi connectivity index (χ3n) is 7.25. The van der Waals surface area contributed by atoms with Crippen molar-refractivity contribution < 1.29 is 38.8 Å². The maximum absolute atomic E-state index is 13.2. The van der Waals surface area contributed by atoms with Crippen LogP contribution in [0.1, 0.15) is 24.5 Å². The number of rotatable bonds is 4. The SMILES string of the molecule is COC(=O)N1C(=O)[C@H]2[C@H](C[C@H](COc3ccccc3)[C@@]3(O)O[C@H](c4cc(Br)ccc4O)C[C@@H]23)C1=O. The monoisotopic (exact) mass is 545 g/mol. The van der Waals surface area contributed by atoms with E-state index in [-0.39, 0.29) is 25.2 Å². The van der Waals surface area contributed by atoms with Crippen LogP contribution >= 0.6 is 15.9 Å². The Morgan fingerprint density at radius 2 is 1.91 bits per heavy atom. The first-order valence-corrected chi connectivity index (χ1v) is 12.1. The molecular formula is C25H24BrNO8. The lowest BCUT2D eigenvalue weighted by molar-refractivity contribution is -0.272. The number of imide groups is 3. The number of nitrogens with zero attached hydrogens (tertiary/aromatic N) is 1. The second-order valence-electron chi connectivity index (χ2n) is 9.07. The van der Waals surface area contributed by atoms with Crippen molar-refractivity contribution in [1.82, 2.24) is 4.90 Å². The van der Waals surface area contributed by atoms with Crippen LogP contribution in [0.5, 0.6) is 11.5 Å². The summed E-state index contributed by atoms with van der Waals surface area (Å²) in [6.07, 6.45) is -1.54. The quantitative estimate of drug-likeness (QED) is 0.560. The normalized spacial score (nSPS) is 31.7. The standard InChI is InChI=1S/C25H24BrNO8/c1-33-24(31)27-22(29)17-9-13(12-34-15-5-3-2-4-6-15)25(32)18(21(17)23(27)30)11-20(35-25)16-10-14(26)7-8-19(16)28/h2-8,10,13,17-18,20-21,28,32H,9,11-12H2,1H3/t13-,17+,18+,20+,21+,25-/m1/s1. The smallest absolute Gasteiger partial charge is 0.423 e. The van der Waals surface area contributed by atoms with Gasteiger partial charge in [0.25, 0.3) is 0 Å². The predicted octanol–water partition coefficient (Wildman–Crippen LogP) is 3.39. The van der Waals surface area contributed by atoms with Crippen molar-refractivity contribution in [1.29, 1.82) is 0 Å². The van der Waals surface area contributed by atoms with Crippen LogP contribution in [0.4, 0.5) is 4.79 Å². The first-order chi connectivity index (χ1) is 16.7. The molecule has 2 aliphatic heterocycles. The number of ether oxygens (including phenoxy) is 3. The third kappa shape index (κ3) is 3.89. The number of methoxy groups -OCH3 is 1. The van der Waals surface area contributed by atoms with Crippen molar-refractivity contribution in [3.05, 3.63) is 58.6 Å². The fourth-order valence-corrected chi connectivity index (χ4v) is 6.02. The van der Waals surface area contributed by atoms with Gasteiger partial charge in [0.15, 0.2) is 5.79 Å². The number of hydrogen-bond acceptors (Lipinski definition) is 8. The molecule has 5 rings (SSSR count). The molecule has 1 aliphatic carbocycles. The fourth-order valence-electron chi connectivity index (χ4n) is 5.64. The molecule has 3 amide bonds. The van der Waals surface area contributed by atoms with Crippen LogP contribution in [0.2, 0.25) is 0 Å². The number of likely N-dealkylation sites (tertiary alicyclic amines) is 1. The van der Waals surface area contributed by atoms with Gasteiger partial charge in [-0.3, -0.25) is 9.59 Å². The molecule has 0 unspecified atom stereocenters. The Kier molecular flexibility index (Phi) is 6.06. The van der Waals surface area contributed by atoms with Gasteiger partial charge in [-0.15, -0.1) is 0 Å². The first-order valence-electron chi connectivity index (χ1n) is 11.3. The summed E-state index contributed by atoms with van der Waals surface area (Å²) in [6, 6.07) is 13.9. The van der Waals surface area contributed by atoms with Gasteiger partial charge in [0.05, 0.1) is 31.7 Å². The van der Waals surface area contributed by atoms with Crippen molar-refractivity contribution >= 4 is 33.8 Å². The van der Waals surface area contributed by atoms with E-state index in [9.17, 15) is 24.6 Å². The fraction of sp³-hybridized carbons (Fsp3) is 0.400. The van der Waals surface area contributed by atoms with Gasteiger partial charge in [-0.25, -0.2) is 4.79 Å². The molecule has 35 heavy (non-hydrogen) atoms. The highest BCUT2D eigenvalue weighted by molar-refractivity contribution is 9.10. The molecule has 184 valence electrons. The lowest BCUT2D eigenvalue weighted by Crippen LogP contribution is -2.55. The Morgan fingerprint density at radius 3 is 2.63 bits per heavy atom. The van der Waals surface area contributed by atoms with Gasteiger partial charge in [-0.1, -0.05) is 34.1 Å². The third-order valence-corrected chi connectivity index (χ3v) is 7.75. The number of aromatic hydroxyl groups is 1. The summed E-state index contributed by atoms with van der Waals surface area (Å²) in [6.45, 7) is 0.0249. The maximum atomic E-state index is 13.2. The highest BCUT2D eigenvalue weighted by atomic mass is 79.9. The van der Waals surface area contributed by atoms with Crippen LogP contribution in [0, 0.1) is 23.7 Å². The van der Waals surface area contributed by atoms with Crippen molar-refractivity contribution in [3.8, 4) is 11.5 Å². The number of carbonyl (C=O) groups is 3. The van der Waals surface area contributed by atoms with E-state index in [1.807, 2.05) is 18.2 Å². The maximum Gasteiger partial charge on any atom is 0.423 e. The molecule has 0 bridgehead atoms. The molecule has 3 aliphatic rings. The summed E-state index contributed by atoms with van der Waals surface area (Å²) >= 11 is 3.38. The van der Waals surface area contributed by atoms with Crippen LogP contribution < -0.4 is 4.74 Å². The number of benzene rings is 2. The zero-order valence-corrected chi connectivity index (χ0v) is 20.4. The Labute approximate surface area is 209 Å². The highest BCUT2D eigenvalue weighted by Gasteiger charge is 2.68. The molecule has 0 radical (unpaired) electrons. The molecule has 2 saturated heterocycles. The lowest BCUT2D eigenvalue weighted by atomic mass is 9.64. The van der Waals surface area contributed by atoms with E-state index < -0.39 is 53.5 Å². The number of halogens is 1. The van der Waals surface area contributed by atoms with E-state index in [4.69, 9.17) is 9.47 Å². The zero-order chi connectivity index (χ0) is 24.9. The number of amides is 3. The largest absolute Gasteiger partial charge is 0.508 e. The molecule has 10 heteroatoms. The summed E-state index contributed by atoms with van der Waals surface area (Å²) in [7, 11) is 1.10. The first kappa shape index (κ1) is 23.8. The average molecular weight is 546 g/mol. The zero-order valence-electron chi connectivity index (χ0n) is 18.8. The van der Waals surface area contributed by atoms with Crippen molar-refractivity contribution in [2.45, 2.75) is 24.7 Å². The second-order valence-corrected chi connectivity index (χ2v) is 9.99. The molecule has 0 aromatic heterocycles. The van der Waals surface area contributed by atoms with E-state index in [2.05, 4.69) is 20.7 Å². The van der Waals surface area contributed by atoms with Crippen molar-refractivity contribution in [2.24, 2.45) is 23.7 Å².